The largest absolute Gasteiger partial charge is 0.454 e. The number of benzene rings is 9. The van der Waals surface area contributed by atoms with Crippen LogP contribution in [0.2, 0.25) is 0 Å². The maximum Gasteiger partial charge on any atom is 0.161 e. The van der Waals surface area contributed by atoms with Gasteiger partial charge in [-0.05, 0) is 163 Å². The van der Waals surface area contributed by atoms with Crippen LogP contribution in [0.1, 0.15) is 105 Å². The molecule has 0 aliphatic heterocycles. The van der Waals surface area contributed by atoms with Crippen LogP contribution in [0.3, 0.4) is 0 Å². The van der Waals surface area contributed by atoms with Crippen LogP contribution in [0, 0.1) is 0 Å². The highest BCUT2D eigenvalue weighted by Gasteiger charge is 2.27. The van der Waals surface area contributed by atoms with Crippen LogP contribution in [0.25, 0.3) is 71.2 Å². The van der Waals surface area contributed by atoms with Gasteiger partial charge < -0.3 is 18.6 Å². The average Bonchev–Trinajstić information content (AvgIpc) is 4.01. The fourth-order valence-electron chi connectivity index (χ4n) is 11.2. The summed E-state index contributed by atoms with van der Waals surface area (Å²) in [6.07, 6.45) is 0. The molecule has 3 aromatic heterocycles. The fourth-order valence-corrected chi connectivity index (χ4v) is 11.2. The fraction of sp³-hybridized carbons (Fsp3) is 0.229. The van der Waals surface area contributed by atoms with E-state index in [0.29, 0.717) is 0 Å². The molecule has 74 heavy (non-hydrogen) atoms. The molecule has 0 aliphatic rings. The maximum atomic E-state index is 7.23. The molecule has 0 fully saturated rings. The monoisotopic (exact) mass is 966 g/mol. The zero-order valence-corrected chi connectivity index (χ0v) is 45.1. The predicted molar refractivity (Wildman–Crippen MR) is 318 cm³/mol. The summed E-state index contributed by atoms with van der Waals surface area (Å²) in [6.45, 7) is 27.4. The zero-order chi connectivity index (χ0) is 51.6. The standard InChI is InChI=1S/C70H67N3O/c1-67(2,3)48-25-30-52(31-26-48)71(54-22-16-20-50(41-54)69(7,8)9)56-29-24-45-37-59-60-38-47(44-18-14-13-15-19-44)39-61-64(60)73(62(59)40-46(45)36-56)65-58-35-34-57(43-63(58)74-66(61)65)72(53-32-27-49(28-33-53)68(4,5)6)55-23-17-21-51(42-55)70(10,11)12/h13-43H,1-12H3. The van der Waals surface area contributed by atoms with Crippen molar-refractivity contribution < 1.29 is 4.42 Å². The van der Waals surface area contributed by atoms with E-state index < -0.39 is 0 Å². The van der Waals surface area contributed by atoms with Gasteiger partial charge in [0.15, 0.2) is 5.58 Å². The van der Waals surface area contributed by atoms with E-state index in [0.717, 1.165) is 67.1 Å². The summed E-state index contributed by atoms with van der Waals surface area (Å²) in [4.78, 5) is 4.80. The number of hydrogen-bond acceptors (Lipinski definition) is 3. The third-order valence-electron chi connectivity index (χ3n) is 15.5. The second-order valence-corrected chi connectivity index (χ2v) is 24.8. The van der Waals surface area contributed by atoms with Gasteiger partial charge in [0.05, 0.1) is 11.0 Å². The molecule has 0 radical (unpaired) electrons. The van der Waals surface area contributed by atoms with Gasteiger partial charge in [-0.3, -0.25) is 0 Å². The number of aromatic nitrogens is 1. The molecular weight excluding hydrogens is 899 g/mol. The normalized spacial score (nSPS) is 12.9. The molecule has 4 nitrogen and oxygen atoms in total. The van der Waals surface area contributed by atoms with Crippen molar-refractivity contribution in [1.82, 2.24) is 4.40 Å². The van der Waals surface area contributed by atoms with Crippen molar-refractivity contribution in [2.45, 2.75) is 105 Å². The third-order valence-corrected chi connectivity index (χ3v) is 15.5. The summed E-state index contributed by atoms with van der Waals surface area (Å²) < 4.78 is 9.72. The van der Waals surface area contributed by atoms with Gasteiger partial charge in [-0.15, -0.1) is 0 Å². The second-order valence-electron chi connectivity index (χ2n) is 24.8. The van der Waals surface area contributed by atoms with Gasteiger partial charge in [0.25, 0.3) is 0 Å². The molecule has 4 heteroatoms. The van der Waals surface area contributed by atoms with Crippen LogP contribution >= 0.6 is 0 Å². The predicted octanol–water partition coefficient (Wildman–Crippen LogP) is 20.5. The lowest BCUT2D eigenvalue weighted by Gasteiger charge is -2.29. The topological polar surface area (TPSA) is 24.0 Å². The third kappa shape index (κ3) is 8.07. The Morgan fingerprint density at radius 1 is 0.324 bits per heavy atom. The van der Waals surface area contributed by atoms with Gasteiger partial charge in [0, 0.05) is 61.7 Å². The van der Waals surface area contributed by atoms with Crippen molar-refractivity contribution in [3.63, 3.8) is 0 Å². The summed E-state index contributed by atoms with van der Waals surface area (Å²) in [5.74, 6) is 0. The molecule has 0 saturated heterocycles. The van der Waals surface area contributed by atoms with E-state index in [1.165, 1.54) is 60.4 Å². The van der Waals surface area contributed by atoms with E-state index in [1.807, 2.05) is 0 Å². The highest BCUT2D eigenvalue weighted by molar-refractivity contribution is 6.28. The van der Waals surface area contributed by atoms with E-state index in [9.17, 15) is 0 Å². The van der Waals surface area contributed by atoms with Crippen LogP contribution in [0.15, 0.2) is 192 Å². The minimum absolute atomic E-state index is 0.000842. The summed E-state index contributed by atoms with van der Waals surface area (Å²) in [7, 11) is 0. The summed E-state index contributed by atoms with van der Waals surface area (Å²) in [5.41, 5.74) is 19.5. The Bertz CT molecular complexity index is 4090. The summed E-state index contributed by atoms with van der Waals surface area (Å²) in [5, 5.41) is 7.03. The SMILES string of the molecule is CC(C)(C)c1ccc(N(c2cccc(C(C)(C)C)c2)c2ccc3cc4c5cc(-c6ccccc6)cc6c7oc8cc(N(c9ccc(C(C)(C)C)cc9)c9cccc(C(C)(C)C)c9)ccc8c7n(c4cc3c2)c56)cc1. The van der Waals surface area contributed by atoms with Crippen molar-refractivity contribution >= 4 is 94.2 Å². The quantitative estimate of drug-likeness (QED) is 0.159. The van der Waals surface area contributed by atoms with Crippen molar-refractivity contribution in [2.75, 3.05) is 9.80 Å². The second kappa shape index (κ2) is 16.9. The lowest BCUT2D eigenvalue weighted by Crippen LogP contribution is -2.15. The van der Waals surface area contributed by atoms with Crippen molar-refractivity contribution in [3.8, 4) is 11.1 Å². The number of rotatable bonds is 7. The molecule has 9 aromatic carbocycles. The number of fused-ring (bicyclic) bond motifs is 9. The highest BCUT2D eigenvalue weighted by atomic mass is 16.3. The number of anilines is 6. The first-order chi connectivity index (χ1) is 35.2. The van der Waals surface area contributed by atoms with E-state index in [4.69, 9.17) is 4.42 Å². The zero-order valence-electron chi connectivity index (χ0n) is 45.1. The molecular formula is C70H67N3O. The summed E-state index contributed by atoms with van der Waals surface area (Å²) >= 11 is 0. The molecule has 0 spiro atoms. The Kier molecular flexibility index (Phi) is 10.8. The van der Waals surface area contributed by atoms with Crippen LogP contribution in [0.5, 0.6) is 0 Å². The lowest BCUT2D eigenvalue weighted by molar-refractivity contribution is 0.590. The number of nitrogens with zero attached hydrogens (tertiary/aromatic N) is 3. The smallest absolute Gasteiger partial charge is 0.161 e. The van der Waals surface area contributed by atoms with Gasteiger partial charge in [-0.25, -0.2) is 0 Å². The molecule has 0 saturated carbocycles. The summed E-state index contributed by atoms with van der Waals surface area (Å²) in [6, 6.07) is 70.4. The Labute approximate surface area is 436 Å². The minimum atomic E-state index is -0.0108. The first kappa shape index (κ1) is 47.2. The molecule has 0 atom stereocenters. The van der Waals surface area contributed by atoms with Crippen LogP contribution in [-0.4, -0.2) is 4.40 Å². The van der Waals surface area contributed by atoms with E-state index in [1.54, 1.807) is 0 Å². The van der Waals surface area contributed by atoms with Gasteiger partial charge in [0.1, 0.15) is 11.1 Å². The molecule has 0 aliphatic carbocycles. The van der Waals surface area contributed by atoms with E-state index in [2.05, 4.69) is 285 Å². The molecule has 12 rings (SSSR count). The average molecular weight is 966 g/mol. The Balaban J connectivity index is 1.08. The number of furan rings is 1. The molecule has 12 aromatic rings. The van der Waals surface area contributed by atoms with Gasteiger partial charge in [-0.1, -0.05) is 168 Å². The lowest BCUT2D eigenvalue weighted by atomic mass is 9.86. The molecule has 3 heterocycles. The molecule has 368 valence electrons. The van der Waals surface area contributed by atoms with Crippen LogP contribution < -0.4 is 9.80 Å². The molecule has 0 bridgehead atoms. The van der Waals surface area contributed by atoms with E-state index >= 15 is 0 Å². The maximum absolute atomic E-state index is 7.23. The Morgan fingerprint density at radius 3 is 1.38 bits per heavy atom. The first-order valence-corrected chi connectivity index (χ1v) is 26.4. The van der Waals surface area contributed by atoms with Gasteiger partial charge in [-0.2, -0.15) is 0 Å². The molecule has 0 unspecified atom stereocenters. The Hall–Kier alpha value is -7.82. The van der Waals surface area contributed by atoms with Crippen molar-refractivity contribution in [3.05, 3.63) is 210 Å². The van der Waals surface area contributed by atoms with Crippen LogP contribution in [-0.2, 0) is 21.7 Å². The van der Waals surface area contributed by atoms with E-state index in [-0.39, 0.29) is 21.7 Å². The van der Waals surface area contributed by atoms with Gasteiger partial charge >= 0.3 is 0 Å². The Morgan fingerprint density at radius 2 is 0.824 bits per heavy atom. The van der Waals surface area contributed by atoms with Crippen molar-refractivity contribution in [1.29, 1.82) is 0 Å². The minimum Gasteiger partial charge on any atom is -0.454 e. The van der Waals surface area contributed by atoms with Crippen molar-refractivity contribution in [2.24, 2.45) is 0 Å². The number of hydrogen-bond donors (Lipinski definition) is 0. The molecule has 0 N–H and O–H groups in total. The highest BCUT2D eigenvalue weighted by Crippen LogP contribution is 2.48. The van der Waals surface area contributed by atoms with Crippen LogP contribution in [0.4, 0.5) is 34.1 Å². The molecule has 0 amide bonds. The van der Waals surface area contributed by atoms with Gasteiger partial charge in [0.2, 0.25) is 0 Å². The first-order valence-electron chi connectivity index (χ1n) is 26.4.